The summed E-state index contributed by atoms with van der Waals surface area (Å²) in [6, 6.07) is 2.25. The number of hydrogen-bond donors (Lipinski definition) is 18. The van der Waals surface area contributed by atoms with Gasteiger partial charge in [0.05, 0.1) is 93.0 Å². The number of fused-ring (bicyclic) bond motifs is 8. The fraction of sp³-hybridized carbons (Fsp3) is 0.581. The van der Waals surface area contributed by atoms with Crippen LogP contribution in [0, 0.1) is 41.4 Å². The molecule has 2 aromatic heterocycles. The van der Waals surface area contributed by atoms with Crippen molar-refractivity contribution in [1.29, 1.82) is 0 Å². The number of para-hydroxylation sites is 2. The molecule has 0 saturated carbocycles. The predicted octanol–water partition coefficient (Wildman–Crippen LogP) is -2.31. The second kappa shape index (κ2) is 49.3. The lowest BCUT2D eigenvalue weighted by molar-refractivity contribution is -0.154. The van der Waals surface area contributed by atoms with Crippen LogP contribution in [0.25, 0.3) is 21.8 Å². The van der Waals surface area contributed by atoms with Crippen LogP contribution in [0.15, 0.2) is 58.6 Å². The summed E-state index contributed by atoms with van der Waals surface area (Å²) in [7, 11) is -1.00. The zero-order chi connectivity index (χ0) is 98.0. The molecule has 9 rings (SSSR count). The molecule has 2 fully saturated rings. The highest BCUT2D eigenvalue weighted by molar-refractivity contribution is 7.99. The van der Waals surface area contributed by atoms with Crippen LogP contribution in [-0.4, -0.2) is 290 Å². The van der Waals surface area contributed by atoms with Gasteiger partial charge < -0.3 is 115 Å². The number of aromatic nitrogens is 2. The number of likely N-dealkylation sites (tertiary alicyclic amines) is 1. The van der Waals surface area contributed by atoms with E-state index in [-0.39, 0.29) is 43.7 Å². The zero-order valence-electron chi connectivity index (χ0n) is 75.5. The Morgan fingerprint density at radius 3 is 1.61 bits per heavy atom. The molecule has 2 bridgehead atoms. The molecule has 7 heterocycles. The number of ether oxygens (including phenoxy) is 2. The van der Waals surface area contributed by atoms with Crippen LogP contribution in [0.2, 0.25) is 0 Å². The topological polar surface area (TPSA) is 657 Å². The van der Waals surface area contributed by atoms with E-state index in [0.717, 1.165) is 40.2 Å². The number of amides is 14. The number of H-pyrrole nitrogens is 2. The Kier molecular flexibility index (Phi) is 39.3. The van der Waals surface area contributed by atoms with Crippen LogP contribution < -0.4 is 70.4 Å². The zero-order valence-corrected chi connectivity index (χ0v) is 76.1. The number of Topliss-reactive ketones (excluding diaryl/α,β-unsaturated/α-hetero) is 3. The van der Waals surface area contributed by atoms with E-state index in [4.69, 9.17) is 28.0 Å². The molecule has 5 aliphatic rings. The maximum Gasteiger partial charge on any atom is 0.326 e. The molecule has 0 spiro atoms. The number of rotatable bonds is 21. The number of esters is 2. The lowest BCUT2D eigenvalue weighted by atomic mass is 9.85. The molecule has 20 atom stereocenters. The van der Waals surface area contributed by atoms with Crippen molar-refractivity contribution < 1.29 is 126 Å². The number of nitrogens with one attached hydrogen (secondary N) is 12. The number of benzene rings is 2. The van der Waals surface area contributed by atoms with Crippen molar-refractivity contribution in [1.82, 2.24) is 72.9 Å². The summed E-state index contributed by atoms with van der Waals surface area (Å²) in [5.41, 5.74) is 19.9. The van der Waals surface area contributed by atoms with Gasteiger partial charge in [0, 0.05) is 123 Å². The van der Waals surface area contributed by atoms with Crippen molar-refractivity contribution in [2.45, 2.75) is 229 Å². The third kappa shape index (κ3) is 29.5. The number of alkyl halides is 1. The van der Waals surface area contributed by atoms with Gasteiger partial charge in [-0.05, 0) is 61.8 Å². The summed E-state index contributed by atoms with van der Waals surface area (Å²) in [4.78, 5) is 277. The van der Waals surface area contributed by atoms with Crippen molar-refractivity contribution in [3.63, 3.8) is 0 Å². The number of aliphatic carboxylic acids is 1. The highest BCUT2D eigenvalue weighted by atomic mass is 32.2. The lowest BCUT2D eigenvalue weighted by Crippen LogP contribution is -2.56. The van der Waals surface area contributed by atoms with E-state index in [9.17, 15) is 116 Å². The van der Waals surface area contributed by atoms with E-state index in [1.807, 2.05) is 0 Å². The number of carbonyl (C=O) groups excluding carboxylic acids is 19. The van der Waals surface area contributed by atoms with Gasteiger partial charge in [-0.3, -0.25) is 95.5 Å². The van der Waals surface area contributed by atoms with Gasteiger partial charge in [-0.2, -0.15) is 0 Å². The highest BCUT2D eigenvalue weighted by Crippen LogP contribution is 2.37. The summed E-state index contributed by atoms with van der Waals surface area (Å²) in [6.45, 7) is 12.2. The predicted molar refractivity (Wildman–Crippen MR) is 471 cm³/mol. The Morgan fingerprint density at radius 1 is 0.588 bits per heavy atom. The van der Waals surface area contributed by atoms with Crippen LogP contribution in [0.1, 0.15) is 140 Å². The molecule has 6 unspecified atom stereocenters. The number of nitrogens with zero attached hydrogens (tertiary/aromatic N) is 2. The molecule has 0 aliphatic carbocycles. The average molecular weight is 1880 g/mol. The van der Waals surface area contributed by atoms with Gasteiger partial charge in [-0.25, -0.2) is 4.79 Å². The smallest absolute Gasteiger partial charge is 0.326 e. The molecule has 5 aliphatic heterocycles. The summed E-state index contributed by atoms with van der Waals surface area (Å²) in [5.74, 6) is -23.5. The number of β-amino-alcohol motifs (C(OH)–C–C–N with tert-alkyl or cyclic N) is 1. The number of aliphatic hydroxyl groups is 2. The van der Waals surface area contributed by atoms with E-state index in [1.165, 1.54) is 27.7 Å². The molecule has 42 nitrogen and oxygen atoms in total. The summed E-state index contributed by atoms with van der Waals surface area (Å²) >= 11 is 2.19. The van der Waals surface area contributed by atoms with Crippen LogP contribution in [0.3, 0.4) is 0 Å². The van der Waals surface area contributed by atoms with Gasteiger partial charge in [0.25, 0.3) is 0 Å². The van der Waals surface area contributed by atoms with Crippen molar-refractivity contribution in [3.05, 3.63) is 59.7 Å². The Bertz CT molecular complexity index is 4940. The lowest BCUT2D eigenvalue weighted by Gasteiger charge is -2.32. The Balaban J connectivity index is 0.000000350. The molecule has 4 aromatic rings. The average Bonchev–Trinajstić information content (AvgIpc) is 1.66. The first-order chi connectivity index (χ1) is 62.3. The normalized spacial score (nSPS) is 25.3. The second-order valence-corrected chi connectivity index (χ2v) is 35.5. The number of carboxylic acids is 1. The number of ketones is 3. The third-order valence-corrected chi connectivity index (χ3v) is 26.1. The monoisotopic (exact) mass is 1870 g/mol. The molecule has 21 N–H and O–H groups in total. The maximum atomic E-state index is 14.7. The quantitative estimate of drug-likeness (QED) is 0.0390. The number of nitrogens with two attached hydrogens (primary N) is 3. The van der Waals surface area contributed by atoms with Crippen molar-refractivity contribution in [3.8, 4) is 0 Å². The van der Waals surface area contributed by atoms with Crippen LogP contribution in [0.5, 0.6) is 0 Å². The van der Waals surface area contributed by atoms with Gasteiger partial charge in [-0.15, -0.1) is 23.5 Å². The van der Waals surface area contributed by atoms with Crippen LogP contribution in [-0.2, 0) is 118 Å². The second-order valence-electron chi connectivity index (χ2n) is 33.5. The first-order valence-electron chi connectivity index (χ1n) is 43.6. The SMILES string of the molecule is CC[C@H](C)[C@@H]1NC(=O)CNC(=O)C(N)Cc2c([nH]c3ccccc23)SCC(C(=O)C[C@@H](CC(N)=O)C(=O)N2CC(O)C[C@H]2C(=O)N[C@H](C(=O)O)[C@@H](C)[C@H](C)OC(C)=O)NC(=O)CNC1=O.CC[C@H](C)[C@@H]1NC(=O)CNC(=O)C2CC(=O)[C@H]([C@@H](C)[C@H](C)OC(C)=O)NC(=O)[C@@H]3CC(O)CN3C(=O)[C@H](CC(N)=O)CC(=O)C(CSc3[nH]c4ccccc4c3C2)NC(=O)CNC1=O.[2H]CF. The summed E-state index contributed by atoms with van der Waals surface area (Å²) < 4.78 is 26.0. The van der Waals surface area contributed by atoms with Gasteiger partial charge >= 0.3 is 17.9 Å². The first kappa shape index (κ1) is 104. The van der Waals surface area contributed by atoms with Gasteiger partial charge in [0.2, 0.25) is 82.7 Å². The molecule has 718 valence electrons. The number of thioether (sulfide) groups is 2. The fourth-order valence-electron chi connectivity index (χ4n) is 16.0. The van der Waals surface area contributed by atoms with Crippen molar-refractivity contribution in [2.75, 3.05) is 57.9 Å². The molecule has 2 aromatic carbocycles. The molecular formula is C86H120FN17O25S2. The minimum atomic E-state index is -1.59. The van der Waals surface area contributed by atoms with Crippen LogP contribution in [0.4, 0.5) is 4.39 Å². The molecule has 45 heteroatoms. The number of aliphatic hydroxyl groups excluding tert-OH is 2. The minimum Gasteiger partial charge on any atom is -0.480 e. The summed E-state index contributed by atoms with van der Waals surface area (Å²) in [6.07, 6.45) is -7.41. The number of carboxylic acid groups (broad SMARTS) is 1. The van der Waals surface area contributed by atoms with E-state index in [2.05, 4.69) is 63.1 Å². The third-order valence-electron chi connectivity index (χ3n) is 23.8. The minimum absolute atomic E-state index is 0.0222. The highest BCUT2D eigenvalue weighted by Gasteiger charge is 2.48. The number of hydrogen-bond acceptors (Lipinski definition) is 27. The van der Waals surface area contributed by atoms with E-state index in [1.54, 1.807) is 83.1 Å². The Labute approximate surface area is 763 Å². The van der Waals surface area contributed by atoms with Gasteiger partial charge in [0.15, 0.2) is 17.3 Å². The number of carbonyl (C=O) groups is 20. The number of primary amides is 2. The molecule has 131 heavy (non-hydrogen) atoms. The number of halogens is 1. The van der Waals surface area contributed by atoms with Gasteiger partial charge in [-0.1, -0.05) is 90.8 Å². The van der Waals surface area contributed by atoms with Gasteiger partial charge in [0.1, 0.15) is 42.4 Å². The summed E-state index contributed by atoms with van der Waals surface area (Å²) in [5, 5.41) is 59.4. The van der Waals surface area contributed by atoms with Crippen LogP contribution >= 0.6 is 23.5 Å². The largest absolute Gasteiger partial charge is 0.480 e. The molecule has 2 saturated heterocycles. The van der Waals surface area contributed by atoms with E-state index in [0.29, 0.717) is 55.8 Å². The Hall–Kier alpha value is -12.0. The van der Waals surface area contributed by atoms with E-state index >= 15 is 0 Å². The van der Waals surface area contributed by atoms with Crippen molar-refractivity contribution in [2.24, 2.45) is 58.6 Å². The maximum absolute atomic E-state index is 14.7. The Morgan fingerprint density at radius 2 is 1.08 bits per heavy atom. The fourth-order valence-corrected chi connectivity index (χ4v) is 18.3. The number of aromatic amines is 2. The molecule has 0 radical (unpaired) electrons. The molecule has 14 amide bonds. The standard InChI is InChI=1S/C43H58N8O12S.C42H59N9O13S.CH3F/c1-6-20(2)37-41(61)46-16-35(57)47-30-19-64-42-28(27-9-7-8-10-29(27)48-42)11-24(39(59)45-17-36(58)49-37)12-33(55)38(21(3)22(4)63-23(5)52)50-40(60)31-15-26(53)18-51(31)43(62)25(13-32(30)54)14-34(44)56;1-6-19(2)35-39(60)46-15-33(56)47-29(18-65-40-26(25-9-7-8-10-28(25)48-40)14-27(43)37(58)45-16-34(57)49-35)31(54)11-23(12-32(44)55)41(61)51-17-24(53)13-30(51)38(59)50-36(42(62)63)20(3)21(4)64-22(5)52;1-2/h7-10,20-22,24-26,30-31,37-38,48,53H,6,11-19H2,1-5H3,(H2,44,56)(H,45,59)(H,46,61)(H,47,57)(H,49,58)(H,50,60);7-10,19-21,23-24,27,29-30,35-36,48,53H,6,11-18,43H2,1-5H3,(H2,44,55)(H,45,58)(H,46,60)(H,47,56)(H,49,57)(H,50,59)(H,62,63);1H3/t20-,21-,22-,24?,25-,26?,30?,31-,37-,38-;19-,20-,21-,23-,24?,27?,29?,30-,35-,36-;/m00./s1/i;;1D. The first-order valence-corrected chi connectivity index (χ1v) is 44.9. The van der Waals surface area contributed by atoms with Crippen molar-refractivity contribution >= 4 is 163 Å². The molecular weight excluding hydrogens is 1750 g/mol. The van der Waals surface area contributed by atoms with E-state index < -0.39 is 310 Å².